The molecule has 0 atom stereocenters. The second-order valence-electron chi connectivity index (χ2n) is 5.35. The van der Waals surface area contributed by atoms with E-state index in [1.807, 2.05) is 57.2 Å². The molecule has 1 aromatic heterocycles. The Hall–Kier alpha value is -1.59. The lowest BCUT2D eigenvalue weighted by Crippen LogP contribution is -2.29. The molecule has 114 valence electrons. The average Bonchev–Trinajstić information content (AvgIpc) is 2.73. The first-order valence-electron chi connectivity index (χ1n) is 7.03. The lowest BCUT2D eigenvalue weighted by atomic mass is 10.1. The van der Waals surface area contributed by atoms with Crippen LogP contribution in [0.2, 0.25) is 0 Å². The molecule has 0 saturated heterocycles. The predicted molar refractivity (Wildman–Crippen MR) is 85.7 cm³/mol. The quantitative estimate of drug-likeness (QED) is 0.891. The van der Waals surface area contributed by atoms with Crippen LogP contribution < -0.4 is 4.72 Å². The van der Waals surface area contributed by atoms with Gasteiger partial charge in [0.1, 0.15) is 0 Å². The summed E-state index contributed by atoms with van der Waals surface area (Å²) < 4.78 is 29.0. The summed E-state index contributed by atoms with van der Waals surface area (Å²) in [5.74, 6) is 0.0311. The maximum Gasteiger partial charge on any atom is 0.215 e. The van der Waals surface area contributed by atoms with E-state index in [1.54, 1.807) is 0 Å². The van der Waals surface area contributed by atoms with E-state index in [9.17, 15) is 8.42 Å². The normalized spacial score (nSPS) is 11.8. The summed E-state index contributed by atoms with van der Waals surface area (Å²) in [6.45, 7) is 7.03. The highest BCUT2D eigenvalue weighted by Crippen LogP contribution is 2.11. The molecule has 0 saturated carbocycles. The SMILES string of the molecule is Cc1ccccc1CS(=O)(=O)NCCn1c(C)ccc1C. The van der Waals surface area contributed by atoms with E-state index >= 15 is 0 Å². The van der Waals surface area contributed by atoms with Gasteiger partial charge in [-0.25, -0.2) is 13.1 Å². The van der Waals surface area contributed by atoms with Gasteiger partial charge in [-0.2, -0.15) is 0 Å². The van der Waals surface area contributed by atoms with Crippen molar-refractivity contribution >= 4 is 10.0 Å². The largest absolute Gasteiger partial charge is 0.348 e. The third-order valence-corrected chi connectivity index (χ3v) is 5.02. The van der Waals surface area contributed by atoms with Gasteiger partial charge in [0.25, 0.3) is 0 Å². The fourth-order valence-corrected chi connectivity index (χ4v) is 3.63. The van der Waals surface area contributed by atoms with Gasteiger partial charge in [-0.3, -0.25) is 0 Å². The Morgan fingerprint density at radius 3 is 2.24 bits per heavy atom. The standard InChI is InChI=1S/C16H22N2O2S/c1-13-6-4-5-7-16(13)12-21(19,20)17-10-11-18-14(2)8-9-15(18)3/h4-9,17H,10-12H2,1-3H3. The Balaban J connectivity index is 1.95. The molecule has 0 bridgehead atoms. The zero-order chi connectivity index (χ0) is 15.5. The predicted octanol–water partition coefficient (Wildman–Crippen LogP) is 2.53. The first-order chi connectivity index (χ1) is 9.89. The van der Waals surface area contributed by atoms with E-state index in [1.165, 1.54) is 0 Å². The molecule has 2 aromatic rings. The first kappa shape index (κ1) is 15.8. The Morgan fingerprint density at radius 2 is 1.62 bits per heavy atom. The third-order valence-electron chi connectivity index (χ3n) is 3.68. The van der Waals surface area contributed by atoms with Crippen LogP contribution in [0, 0.1) is 20.8 Å². The zero-order valence-electron chi connectivity index (χ0n) is 12.8. The fourth-order valence-electron chi connectivity index (χ4n) is 2.39. The van der Waals surface area contributed by atoms with Gasteiger partial charge in [-0.1, -0.05) is 24.3 Å². The van der Waals surface area contributed by atoms with Crippen molar-refractivity contribution in [3.05, 3.63) is 58.9 Å². The van der Waals surface area contributed by atoms with E-state index in [0.29, 0.717) is 13.1 Å². The Kier molecular flexibility index (Phi) is 4.85. The van der Waals surface area contributed by atoms with Gasteiger partial charge in [0, 0.05) is 24.5 Å². The molecule has 0 fully saturated rings. The van der Waals surface area contributed by atoms with E-state index in [0.717, 1.165) is 22.5 Å². The van der Waals surface area contributed by atoms with Crippen molar-refractivity contribution in [2.45, 2.75) is 33.1 Å². The Bertz CT molecular complexity index is 698. The summed E-state index contributed by atoms with van der Waals surface area (Å²) >= 11 is 0. The second-order valence-corrected chi connectivity index (χ2v) is 7.15. The van der Waals surface area contributed by atoms with Crippen LogP contribution in [0.3, 0.4) is 0 Å². The zero-order valence-corrected chi connectivity index (χ0v) is 13.6. The average molecular weight is 306 g/mol. The summed E-state index contributed by atoms with van der Waals surface area (Å²) in [6.07, 6.45) is 0. The number of aryl methyl sites for hydroxylation is 3. The number of hydrogen-bond acceptors (Lipinski definition) is 2. The minimum absolute atomic E-state index is 0.0311. The topological polar surface area (TPSA) is 51.1 Å². The highest BCUT2D eigenvalue weighted by molar-refractivity contribution is 7.88. The third kappa shape index (κ3) is 4.19. The summed E-state index contributed by atoms with van der Waals surface area (Å²) in [5.41, 5.74) is 4.13. The number of rotatable bonds is 6. The van der Waals surface area contributed by atoms with Crippen LogP contribution in [0.1, 0.15) is 22.5 Å². The summed E-state index contributed by atoms with van der Waals surface area (Å²) in [7, 11) is -3.30. The van der Waals surface area contributed by atoms with Crippen LogP contribution in [-0.2, 0) is 22.3 Å². The molecule has 0 unspecified atom stereocenters. The van der Waals surface area contributed by atoms with Gasteiger partial charge in [0.05, 0.1) is 5.75 Å². The first-order valence-corrected chi connectivity index (χ1v) is 8.69. The molecular weight excluding hydrogens is 284 g/mol. The second kappa shape index (κ2) is 6.45. The van der Waals surface area contributed by atoms with Gasteiger partial charge in [0.15, 0.2) is 0 Å². The summed E-state index contributed by atoms with van der Waals surface area (Å²) in [4.78, 5) is 0. The van der Waals surface area contributed by atoms with Crippen molar-refractivity contribution in [2.75, 3.05) is 6.54 Å². The van der Waals surface area contributed by atoms with Crippen molar-refractivity contribution in [3.63, 3.8) is 0 Å². The van der Waals surface area contributed by atoms with Gasteiger partial charge in [0.2, 0.25) is 10.0 Å². The highest BCUT2D eigenvalue weighted by atomic mass is 32.2. The van der Waals surface area contributed by atoms with E-state index < -0.39 is 10.0 Å². The molecule has 2 rings (SSSR count). The number of hydrogen-bond donors (Lipinski definition) is 1. The molecule has 1 heterocycles. The molecule has 0 amide bonds. The van der Waals surface area contributed by atoms with Gasteiger partial charge in [-0.05, 0) is 44.0 Å². The van der Waals surface area contributed by atoms with Gasteiger partial charge >= 0.3 is 0 Å². The Morgan fingerprint density at radius 1 is 1.00 bits per heavy atom. The number of aromatic nitrogens is 1. The lowest BCUT2D eigenvalue weighted by Gasteiger charge is -2.11. The smallest absolute Gasteiger partial charge is 0.215 e. The molecular formula is C16H22N2O2S. The Labute approximate surface area is 126 Å². The molecule has 4 nitrogen and oxygen atoms in total. The van der Waals surface area contributed by atoms with Crippen LogP contribution in [0.4, 0.5) is 0 Å². The molecule has 0 spiro atoms. The molecule has 0 aliphatic carbocycles. The van der Waals surface area contributed by atoms with Gasteiger partial charge < -0.3 is 4.57 Å². The van der Waals surface area contributed by atoms with Crippen molar-refractivity contribution in [1.29, 1.82) is 0 Å². The molecule has 1 aromatic carbocycles. The van der Waals surface area contributed by atoms with Crippen LogP contribution in [0.15, 0.2) is 36.4 Å². The van der Waals surface area contributed by atoms with Crippen LogP contribution in [-0.4, -0.2) is 19.5 Å². The van der Waals surface area contributed by atoms with Crippen LogP contribution in [0.25, 0.3) is 0 Å². The molecule has 21 heavy (non-hydrogen) atoms. The van der Waals surface area contributed by atoms with Crippen molar-refractivity contribution in [1.82, 2.24) is 9.29 Å². The van der Waals surface area contributed by atoms with Crippen LogP contribution in [0.5, 0.6) is 0 Å². The monoisotopic (exact) mass is 306 g/mol. The lowest BCUT2D eigenvalue weighted by molar-refractivity contribution is 0.569. The van der Waals surface area contributed by atoms with Crippen molar-refractivity contribution in [3.8, 4) is 0 Å². The van der Waals surface area contributed by atoms with E-state index in [4.69, 9.17) is 0 Å². The van der Waals surface area contributed by atoms with Crippen molar-refractivity contribution < 1.29 is 8.42 Å². The minimum Gasteiger partial charge on any atom is -0.348 e. The number of sulfonamides is 1. The van der Waals surface area contributed by atoms with E-state index in [2.05, 4.69) is 9.29 Å². The number of nitrogens with zero attached hydrogens (tertiary/aromatic N) is 1. The number of nitrogens with one attached hydrogen (secondary N) is 1. The molecule has 0 aliphatic rings. The fraction of sp³-hybridized carbons (Fsp3) is 0.375. The molecule has 1 N–H and O–H groups in total. The highest BCUT2D eigenvalue weighted by Gasteiger charge is 2.12. The van der Waals surface area contributed by atoms with Gasteiger partial charge in [-0.15, -0.1) is 0 Å². The number of benzene rings is 1. The molecule has 0 aliphatic heterocycles. The molecule has 5 heteroatoms. The molecule has 0 radical (unpaired) electrons. The van der Waals surface area contributed by atoms with Crippen LogP contribution >= 0.6 is 0 Å². The maximum absolute atomic E-state index is 12.1. The maximum atomic E-state index is 12.1. The van der Waals surface area contributed by atoms with Crippen molar-refractivity contribution in [2.24, 2.45) is 0 Å². The summed E-state index contributed by atoms with van der Waals surface area (Å²) in [5, 5.41) is 0. The minimum atomic E-state index is -3.30. The summed E-state index contributed by atoms with van der Waals surface area (Å²) in [6, 6.07) is 11.6. The van der Waals surface area contributed by atoms with E-state index in [-0.39, 0.29) is 5.75 Å².